The first-order valence-electron chi connectivity index (χ1n) is 10.4. The van der Waals surface area contributed by atoms with Crippen LogP contribution in [-0.2, 0) is 32.4 Å². The minimum absolute atomic E-state index is 0.164. The van der Waals surface area contributed by atoms with Crippen molar-refractivity contribution in [1.82, 2.24) is 4.72 Å². The second-order valence-corrected chi connectivity index (χ2v) is 9.33. The van der Waals surface area contributed by atoms with Gasteiger partial charge in [0.05, 0.1) is 7.11 Å². The summed E-state index contributed by atoms with van der Waals surface area (Å²) in [6.45, 7) is -0.164. The van der Waals surface area contributed by atoms with Gasteiger partial charge in [-0.15, -0.1) is 0 Å². The minimum Gasteiger partial charge on any atom is -0.481 e. The van der Waals surface area contributed by atoms with Crippen molar-refractivity contribution >= 4 is 32.8 Å². The number of benzene rings is 3. The molecular formula is C25H25NO5S. The lowest BCUT2D eigenvalue weighted by atomic mass is 9.85. The van der Waals surface area contributed by atoms with E-state index in [0.29, 0.717) is 12.2 Å². The van der Waals surface area contributed by atoms with Crippen LogP contribution in [0, 0.1) is 0 Å². The second kappa shape index (κ2) is 9.54. The van der Waals surface area contributed by atoms with Crippen molar-refractivity contribution in [2.24, 2.45) is 0 Å². The number of fused-ring (bicyclic) bond motifs is 3. The molecular weight excluding hydrogens is 426 g/mol. The molecule has 0 saturated heterocycles. The predicted octanol–water partition coefficient (Wildman–Crippen LogP) is 3.84. The molecule has 0 saturated carbocycles. The number of esters is 1. The zero-order valence-corrected chi connectivity index (χ0v) is 18.6. The van der Waals surface area contributed by atoms with Crippen molar-refractivity contribution < 1.29 is 22.7 Å². The molecule has 32 heavy (non-hydrogen) atoms. The van der Waals surface area contributed by atoms with Crippen LogP contribution in [-0.4, -0.2) is 34.1 Å². The first-order chi connectivity index (χ1) is 15.4. The average Bonchev–Trinajstić information content (AvgIpc) is 2.81. The van der Waals surface area contributed by atoms with Crippen LogP contribution >= 0.6 is 0 Å². The third-order valence-corrected chi connectivity index (χ3v) is 6.74. The Kier molecular flexibility index (Phi) is 6.58. The second-order valence-electron chi connectivity index (χ2n) is 7.74. The normalized spacial score (nSPS) is 16.1. The molecule has 0 amide bonds. The van der Waals surface area contributed by atoms with Crippen LogP contribution in [0.4, 0.5) is 0 Å². The monoisotopic (exact) mass is 451 g/mol. The highest BCUT2D eigenvalue weighted by molar-refractivity contribution is 7.92. The summed E-state index contributed by atoms with van der Waals surface area (Å²) >= 11 is 0. The molecule has 3 aromatic rings. The van der Waals surface area contributed by atoms with E-state index in [0.717, 1.165) is 34.7 Å². The fourth-order valence-corrected chi connectivity index (χ4v) is 5.10. The van der Waals surface area contributed by atoms with Gasteiger partial charge in [0, 0.05) is 16.8 Å². The fraction of sp³-hybridized carbons (Fsp3) is 0.240. The number of ether oxygens (including phenoxy) is 2. The number of rotatable bonds is 7. The Labute approximate surface area is 187 Å². The molecule has 1 aliphatic carbocycles. The lowest BCUT2D eigenvalue weighted by Gasteiger charge is -2.26. The average molecular weight is 452 g/mol. The fourth-order valence-electron chi connectivity index (χ4n) is 4.02. The van der Waals surface area contributed by atoms with Gasteiger partial charge in [0.15, 0.2) is 6.61 Å². The molecule has 6 nitrogen and oxygen atoms in total. The van der Waals surface area contributed by atoms with Gasteiger partial charge in [-0.3, -0.25) is 0 Å². The molecule has 166 valence electrons. The Morgan fingerprint density at radius 3 is 2.66 bits per heavy atom. The van der Waals surface area contributed by atoms with E-state index < -0.39 is 16.0 Å². The van der Waals surface area contributed by atoms with Gasteiger partial charge >= 0.3 is 5.97 Å². The SMILES string of the molecule is COC(=O)COc1cccc2c3c(ccc12)CCC(NS(=O)(=O)C=Cc1ccccc1)C3. The molecule has 0 spiro atoms. The van der Waals surface area contributed by atoms with Gasteiger partial charge < -0.3 is 9.47 Å². The van der Waals surface area contributed by atoms with Gasteiger partial charge in [-0.25, -0.2) is 17.9 Å². The molecule has 0 fully saturated rings. The van der Waals surface area contributed by atoms with Crippen molar-refractivity contribution in [3.63, 3.8) is 0 Å². The molecule has 1 atom stereocenters. The van der Waals surface area contributed by atoms with Gasteiger partial charge in [-0.1, -0.05) is 54.6 Å². The molecule has 0 heterocycles. The van der Waals surface area contributed by atoms with E-state index in [1.54, 1.807) is 6.08 Å². The Morgan fingerprint density at radius 2 is 1.88 bits per heavy atom. The topological polar surface area (TPSA) is 81.7 Å². The first kappa shape index (κ1) is 22.0. The summed E-state index contributed by atoms with van der Waals surface area (Å²) in [5.74, 6) is 0.155. The van der Waals surface area contributed by atoms with Crippen molar-refractivity contribution in [2.45, 2.75) is 25.3 Å². The maximum Gasteiger partial charge on any atom is 0.343 e. The summed E-state index contributed by atoms with van der Waals surface area (Å²) in [7, 11) is -2.25. The summed E-state index contributed by atoms with van der Waals surface area (Å²) in [6.07, 6.45) is 3.70. The van der Waals surface area contributed by atoms with Gasteiger partial charge in [-0.2, -0.15) is 0 Å². The van der Waals surface area contributed by atoms with Gasteiger partial charge in [0.2, 0.25) is 10.0 Å². The van der Waals surface area contributed by atoms with Crippen molar-refractivity contribution in [1.29, 1.82) is 0 Å². The Morgan fingerprint density at radius 1 is 1.06 bits per heavy atom. The predicted molar refractivity (Wildman–Crippen MR) is 125 cm³/mol. The number of hydrogen-bond acceptors (Lipinski definition) is 5. The van der Waals surface area contributed by atoms with Gasteiger partial charge in [0.1, 0.15) is 5.75 Å². The number of carbonyl (C=O) groups is 1. The summed E-state index contributed by atoms with van der Waals surface area (Å²) in [5, 5.41) is 3.12. The van der Waals surface area contributed by atoms with Crippen LogP contribution in [0.3, 0.4) is 0 Å². The molecule has 3 aromatic carbocycles. The third kappa shape index (κ3) is 5.18. The quantitative estimate of drug-likeness (QED) is 0.552. The van der Waals surface area contributed by atoms with Crippen LogP contribution in [0.25, 0.3) is 16.8 Å². The summed E-state index contributed by atoms with van der Waals surface area (Å²) in [5.41, 5.74) is 3.15. The maximum absolute atomic E-state index is 12.6. The Balaban J connectivity index is 1.54. The summed E-state index contributed by atoms with van der Waals surface area (Å²) in [6, 6.07) is 18.9. The summed E-state index contributed by atoms with van der Waals surface area (Å²) in [4.78, 5) is 11.5. The lowest BCUT2D eigenvalue weighted by molar-refractivity contribution is -0.142. The molecule has 0 aromatic heterocycles. The van der Waals surface area contributed by atoms with E-state index in [1.165, 1.54) is 18.1 Å². The number of methoxy groups -OCH3 is 1. The van der Waals surface area contributed by atoms with Crippen LogP contribution in [0.5, 0.6) is 5.75 Å². The van der Waals surface area contributed by atoms with Crippen molar-refractivity contribution in [2.75, 3.05) is 13.7 Å². The highest BCUT2D eigenvalue weighted by Gasteiger charge is 2.24. The number of nitrogens with one attached hydrogen (secondary N) is 1. The zero-order valence-electron chi connectivity index (χ0n) is 17.8. The minimum atomic E-state index is -3.57. The maximum atomic E-state index is 12.6. The molecule has 4 rings (SSSR count). The highest BCUT2D eigenvalue weighted by atomic mass is 32.2. The number of aryl methyl sites for hydroxylation is 1. The van der Waals surface area contributed by atoms with Gasteiger partial charge in [0.25, 0.3) is 0 Å². The Hall–Kier alpha value is -3.16. The zero-order chi connectivity index (χ0) is 22.6. The van der Waals surface area contributed by atoms with E-state index in [9.17, 15) is 13.2 Å². The third-order valence-electron chi connectivity index (χ3n) is 5.59. The molecule has 1 N–H and O–H groups in total. The van der Waals surface area contributed by atoms with Crippen molar-refractivity contribution in [3.05, 3.63) is 82.8 Å². The Bertz CT molecular complexity index is 1250. The van der Waals surface area contributed by atoms with E-state index in [-0.39, 0.29) is 12.6 Å². The van der Waals surface area contributed by atoms with E-state index in [2.05, 4.69) is 15.5 Å². The number of sulfonamides is 1. The van der Waals surface area contributed by atoms with Crippen LogP contribution in [0.1, 0.15) is 23.1 Å². The van der Waals surface area contributed by atoms with Crippen LogP contribution in [0.2, 0.25) is 0 Å². The first-order valence-corrected chi connectivity index (χ1v) is 12.0. The molecule has 7 heteroatoms. The lowest BCUT2D eigenvalue weighted by Crippen LogP contribution is -2.37. The molecule has 1 aliphatic rings. The molecule has 1 unspecified atom stereocenters. The van der Waals surface area contributed by atoms with E-state index >= 15 is 0 Å². The smallest absolute Gasteiger partial charge is 0.343 e. The molecule has 0 aliphatic heterocycles. The van der Waals surface area contributed by atoms with Gasteiger partial charge in [-0.05, 0) is 53.5 Å². The highest BCUT2D eigenvalue weighted by Crippen LogP contribution is 2.34. The number of carbonyl (C=O) groups excluding carboxylic acids is 1. The summed E-state index contributed by atoms with van der Waals surface area (Å²) < 4.78 is 38.4. The van der Waals surface area contributed by atoms with Crippen LogP contribution in [0.15, 0.2) is 66.1 Å². The van der Waals surface area contributed by atoms with E-state index in [4.69, 9.17) is 4.74 Å². The molecule has 0 radical (unpaired) electrons. The number of hydrogen-bond donors (Lipinski definition) is 1. The van der Waals surface area contributed by atoms with Crippen molar-refractivity contribution in [3.8, 4) is 5.75 Å². The molecule has 0 bridgehead atoms. The standard InChI is InChI=1S/C25H25NO5S/c1-30-25(27)17-31-24-9-5-8-21-22(24)13-11-19-10-12-20(16-23(19)21)26-32(28,29)15-14-18-6-3-2-4-7-18/h2-9,11,13-15,20,26H,10,12,16-17H2,1H3. The van der Waals surface area contributed by atoms with Crippen LogP contribution < -0.4 is 9.46 Å². The van der Waals surface area contributed by atoms with E-state index in [1.807, 2.05) is 54.6 Å². The largest absolute Gasteiger partial charge is 0.481 e.